The molecule has 0 aliphatic rings. The van der Waals surface area contributed by atoms with E-state index >= 15 is 0 Å². The molecule has 1 aromatic rings. The molecule has 1 N–H and O–H groups in total. The van der Waals surface area contributed by atoms with Gasteiger partial charge in [0.2, 0.25) is 0 Å². The Kier molecular flexibility index (Phi) is 8.47. The monoisotopic (exact) mass is 345 g/mol. The molecule has 25 heavy (non-hydrogen) atoms. The molecule has 0 saturated heterocycles. The molecule has 0 aromatic heterocycles. The van der Waals surface area contributed by atoms with Crippen molar-refractivity contribution in [2.24, 2.45) is 0 Å². The van der Waals surface area contributed by atoms with E-state index < -0.39 is 17.7 Å². The van der Waals surface area contributed by atoms with Crippen LogP contribution in [-0.2, 0) is 20.7 Å². The third kappa shape index (κ3) is 10.0. The zero-order valence-corrected chi connectivity index (χ0v) is 15.3. The Bertz CT molecular complexity index is 600. The summed E-state index contributed by atoms with van der Waals surface area (Å²) in [6.45, 7) is 7.54. The summed E-state index contributed by atoms with van der Waals surface area (Å²) in [6.07, 6.45) is 6.59. The molecule has 0 bridgehead atoms. The minimum atomic E-state index is -0.561. The number of carbonyl (C=O) groups is 2. The van der Waals surface area contributed by atoms with Gasteiger partial charge in [0.1, 0.15) is 5.60 Å². The van der Waals surface area contributed by atoms with Gasteiger partial charge in [-0.15, -0.1) is 0 Å². The quantitative estimate of drug-likeness (QED) is 0.464. The van der Waals surface area contributed by atoms with Gasteiger partial charge in [-0.05, 0) is 39.7 Å². The van der Waals surface area contributed by atoms with Gasteiger partial charge in [0.25, 0.3) is 0 Å². The second-order valence-electron chi connectivity index (χ2n) is 6.44. The fraction of sp³-hybridized carbons (Fsp3) is 0.400. The summed E-state index contributed by atoms with van der Waals surface area (Å²) in [5, 5.41) is 2.84. The summed E-state index contributed by atoms with van der Waals surface area (Å²) in [5.41, 5.74) is 0.525. The number of nitrogens with one attached hydrogen (secondary N) is 1. The van der Waals surface area contributed by atoms with Gasteiger partial charge in [-0.25, -0.2) is 9.59 Å². The van der Waals surface area contributed by atoms with Gasteiger partial charge in [0.05, 0.1) is 12.6 Å². The van der Waals surface area contributed by atoms with E-state index in [1.54, 1.807) is 19.1 Å². The molecule has 5 nitrogen and oxygen atoms in total. The van der Waals surface area contributed by atoms with E-state index in [2.05, 4.69) is 5.32 Å². The molecule has 0 fully saturated rings. The molecule has 1 unspecified atom stereocenters. The molecule has 1 atom stereocenters. The van der Waals surface area contributed by atoms with Crippen LogP contribution in [0, 0.1) is 0 Å². The Morgan fingerprint density at radius 2 is 1.84 bits per heavy atom. The summed E-state index contributed by atoms with van der Waals surface area (Å²) in [4.78, 5) is 23.3. The number of carbonyl (C=O) groups excluding carboxylic acids is 2. The van der Waals surface area contributed by atoms with Gasteiger partial charge in [-0.2, -0.15) is 0 Å². The van der Waals surface area contributed by atoms with E-state index in [1.165, 1.54) is 6.08 Å². The van der Waals surface area contributed by atoms with Crippen LogP contribution in [0.15, 0.2) is 54.6 Å². The van der Waals surface area contributed by atoms with Crippen molar-refractivity contribution in [2.45, 2.75) is 45.8 Å². The molecule has 1 aromatic carbocycles. The number of amides is 1. The normalized spacial score (nSPS) is 13.0. The van der Waals surface area contributed by atoms with Crippen molar-refractivity contribution in [3.05, 3.63) is 60.2 Å². The van der Waals surface area contributed by atoms with Gasteiger partial charge < -0.3 is 14.8 Å². The Morgan fingerprint density at radius 3 is 2.44 bits per heavy atom. The first-order chi connectivity index (χ1) is 11.8. The molecule has 0 aliphatic heterocycles. The van der Waals surface area contributed by atoms with Crippen LogP contribution in [0.25, 0.3) is 0 Å². The fourth-order valence-corrected chi connectivity index (χ4v) is 2.02. The smallest absolute Gasteiger partial charge is 0.408 e. The largest absolute Gasteiger partial charge is 0.463 e. The maximum atomic E-state index is 12.0. The second kappa shape index (κ2) is 10.3. The predicted molar refractivity (Wildman–Crippen MR) is 98.2 cm³/mol. The maximum absolute atomic E-state index is 12.0. The number of ether oxygens (including phenoxy) is 2. The van der Waals surface area contributed by atoms with Crippen molar-refractivity contribution in [1.82, 2.24) is 5.32 Å². The van der Waals surface area contributed by atoms with Gasteiger partial charge in [-0.1, -0.05) is 48.6 Å². The first-order valence-corrected chi connectivity index (χ1v) is 8.35. The number of benzene rings is 1. The van der Waals surface area contributed by atoms with Gasteiger partial charge in [-0.3, -0.25) is 0 Å². The van der Waals surface area contributed by atoms with Crippen molar-refractivity contribution in [3.63, 3.8) is 0 Å². The van der Waals surface area contributed by atoms with Crippen molar-refractivity contribution in [3.8, 4) is 0 Å². The van der Waals surface area contributed by atoms with Gasteiger partial charge in [0, 0.05) is 6.08 Å². The predicted octanol–water partition coefficient (Wildman–Crippen LogP) is 3.80. The molecule has 0 heterocycles. The van der Waals surface area contributed by atoms with Crippen LogP contribution in [0.4, 0.5) is 4.79 Å². The molecule has 136 valence electrons. The molecule has 0 saturated carbocycles. The van der Waals surface area contributed by atoms with Gasteiger partial charge in [0.15, 0.2) is 0 Å². The summed E-state index contributed by atoms with van der Waals surface area (Å²) in [6, 6.07) is 9.56. The van der Waals surface area contributed by atoms with E-state index in [9.17, 15) is 9.59 Å². The number of rotatable bonds is 7. The Morgan fingerprint density at radius 1 is 1.16 bits per heavy atom. The molecule has 0 radical (unpaired) electrons. The maximum Gasteiger partial charge on any atom is 0.408 e. The standard InChI is InChI=1S/C20H27NO4/c1-5-24-18(22)14-10-9-13-17(15-16-11-7-6-8-12-16)21-19(23)25-20(2,3)4/h6-14,17H,5,15H2,1-4H3,(H,21,23)/b13-9+,14-10+. The third-order valence-electron chi connectivity index (χ3n) is 2.97. The average Bonchev–Trinajstić information content (AvgIpc) is 2.51. The molecule has 5 heteroatoms. The topological polar surface area (TPSA) is 64.6 Å². The minimum Gasteiger partial charge on any atom is -0.463 e. The Labute approximate surface area is 149 Å². The zero-order chi connectivity index (χ0) is 18.7. The molecule has 1 rings (SSSR count). The summed E-state index contributed by atoms with van der Waals surface area (Å²) >= 11 is 0. The van der Waals surface area contributed by atoms with Crippen LogP contribution in [0.3, 0.4) is 0 Å². The molecular formula is C20H27NO4. The second-order valence-corrected chi connectivity index (χ2v) is 6.44. The Hall–Kier alpha value is -2.56. The van der Waals surface area contributed by atoms with Crippen molar-refractivity contribution in [2.75, 3.05) is 6.61 Å². The van der Waals surface area contributed by atoms with Crippen LogP contribution in [0.1, 0.15) is 33.3 Å². The zero-order valence-electron chi connectivity index (χ0n) is 15.3. The lowest BCUT2D eigenvalue weighted by Gasteiger charge is -2.22. The Balaban J connectivity index is 2.73. The van der Waals surface area contributed by atoms with Crippen molar-refractivity contribution < 1.29 is 19.1 Å². The van der Waals surface area contributed by atoms with Crippen molar-refractivity contribution >= 4 is 12.1 Å². The lowest BCUT2D eigenvalue weighted by Crippen LogP contribution is -2.39. The highest BCUT2D eigenvalue weighted by molar-refractivity contribution is 5.82. The van der Waals surface area contributed by atoms with E-state index in [1.807, 2.05) is 57.2 Å². The van der Waals surface area contributed by atoms with E-state index in [4.69, 9.17) is 9.47 Å². The van der Waals surface area contributed by atoms with Crippen LogP contribution >= 0.6 is 0 Å². The highest BCUT2D eigenvalue weighted by Gasteiger charge is 2.18. The minimum absolute atomic E-state index is 0.260. The first kappa shape index (κ1) is 20.5. The summed E-state index contributed by atoms with van der Waals surface area (Å²) in [7, 11) is 0. The molecule has 0 aliphatic carbocycles. The van der Waals surface area contributed by atoms with Crippen molar-refractivity contribution in [1.29, 1.82) is 0 Å². The number of allylic oxidation sites excluding steroid dienone is 2. The summed E-state index contributed by atoms with van der Waals surface area (Å²) in [5.74, 6) is -0.396. The molecular weight excluding hydrogens is 318 g/mol. The van der Waals surface area contributed by atoms with Crippen LogP contribution < -0.4 is 5.32 Å². The fourth-order valence-electron chi connectivity index (χ4n) is 2.02. The average molecular weight is 345 g/mol. The van der Waals surface area contributed by atoms with Crippen LogP contribution in [0.5, 0.6) is 0 Å². The third-order valence-corrected chi connectivity index (χ3v) is 2.97. The first-order valence-electron chi connectivity index (χ1n) is 8.35. The summed E-state index contributed by atoms with van der Waals surface area (Å²) < 4.78 is 10.1. The SMILES string of the molecule is CCOC(=O)/C=C/C=C/C(Cc1ccccc1)NC(=O)OC(C)(C)C. The van der Waals surface area contributed by atoms with Crippen LogP contribution in [-0.4, -0.2) is 30.3 Å². The number of hydrogen-bond acceptors (Lipinski definition) is 4. The molecule has 0 spiro atoms. The highest BCUT2D eigenvalue weighted by atomic mass is 16.6. The number of alkyl carbamates (subject to hydrolysis) is 1. The lowest BCUT2D eigenvalue weighted by molar-refractivity contribution is -0.137. The van der Waals surface area contributed by atoms with Crippen LogP contribution in [0.2, 0.25) is 0 Å². The number of esters is 1. The highest BCUT2D eigenvalue weighted by Crippen LogP contribution is 2.09. The lowest BCUT2D eigenvalue weighted by atomic mass is 10.1. The number of hydrogen-bond donors (Lipinski definition) is 1. The van der Waals surface area contributed by atoms with E-state index in [0.29, 0.717) is 13.0 Å². The van der Waals surface area contributed by atoms with E-state index in [0.717, 1.165) is 5.56 Å². The van der Waals surface area contributed by atoms with E-state index in [-0.39, 0.29) is 6.04 Å². The van der Waals surface area contributed by atoms with Gasteiger partial charge >= 0.3 is 12.1 Å². The molecule has 1 amide bonds.